The predicted octanol–water partition coefficient (Wildman–Crippen LogP) is -1.25. The average molecular weight is 473 g/mol. The standard InChI is InChI=1S/C16H20N6O7S2/c1-3-4-29-20-11(9-7-30-16(17)19-9)13(23)18-8-5-21-6-10(31(2,27)28)12(15(25)26)22(21)14(8)24/h7-8H,3-6H2,1-2H3,(H2,17,19)(H,18,23)(H,25,26)/b20-11-/t8-/m0/s1. The molecule has 0 aliphatic carbocycles. The molecule has 15 heteroatoms. The summed E-state index contributed by atoms with van der Waals surface area (Å²) in [6, 6.07) is -1.13. The molecule has 0 spiro atoms. The Morgan fingerprint density at radius 3 is 2.74 bits per heavy atom. The van der Waals surface area contributed by atoms with Crippen LogP contribution in [-0.2, 0) is 29.1 Å². The first-order chi connectivity index (χ1) is 14.5. The van der Waals surface area contributed by atoms with Crippen LogP contribution in [0.2, 0.25) is 0 Å². The van der Waals surface area contributed by atoms with Crippen LogP contribution in [0.1, 0.15) is 19.0 Å². The lowest BCUT2D eigenvalue weighted by atomic mass is 10.2. The SMILES string of the molecule is CCCO/N=C(\C(=O)N[C@H]1CN2CC(S(C)(=O)=O)=C(C(=O)O)N2C1=O)c1csc(N)n1. The summed E-state index contributed by atoms with van der Waals surface area (Å²) < 4.78 is 23.8. The maximum absolute atomic E-state index is 12.8. The molecular formula is C16H20N6O7S2. The Labute approximate surface area is 181 Å². The van der Waals surface area contributed by atoms with Gasteiger partial charge in [0.25, 0.3) is 11.8 Å². The van der Waals surface area contributed by atoms with Gasteiger partial charge in [-0.3, -0.25) is 9.59 Å². The van der Waals surface area contributed by atoms with Gasteiger partial charge in [0, 0.05) is 18.2 Å². The molecule has 1 atom stereocenters. The van der Waals surface area contributed by atoms with Gasteiger partial charge in [-0.15, -0.1) is 11.3 Å². The molecule has 1 saturated heterocycles. The number of carboxylic acid groups (broad SMARTS) is 1. The van der Waals surface area contributed by atoms with Gasteiger partial charge in [-0.2, -0.15) is 0 Å². The topological polar surface area (TPSA) is 185 Å². The molecule has 1 aromatic heterocycles. The number of carbonyl (C=O) groups is 3. The first-order valence-corrected chi connectivity index (χ1v) is 11.8. The highest BCUT2D eigenvalue weighted by atomic mass is 32.2. The van der Waals surface area contributed by atoms with E-state index in [0.717, 1.165) is 22.6 Å². The molecule has 2 amide bonds. The summed E-state index contributed by atoms with van der Waals surface area (Å²) in [6.45, 7) is 1.69. The smallest absolute Gasteiger partial charge is 0.355 e. The van der Waals surface area contributed by atoms with Gasteiger partial charge < -0.3 is 21.0 Å². The fourth-order valence-corrected chi connectivity index (χ4v) is 4.50. The number of hydrazine groups is 1. The lowest BCUT2D eigenvalue weighted by molar-refractivity contribution is -0.143. The molecule has 3 rings (SSSR count). The van der Waals surface area contributed by atoms with Gasteiger partial charge in [0.05, 0.1) is 11.4 Å². The third-order valence-electron chi connectivity index (χ3n) is 4.37. The van der Waals surface area contributed by atoms with Gasteiger partial charge in [0.15, 0.2) is 26.4 Å². The Hall–Kier alpha value is -3.04. The zero-order valence-electron chi connectivity index (χ0n) is 16.6. The van der Waals surface area contributed by atoms with E-state index in [9.17, 15) is 27.9 Å². The number of nitrogens with two attached hydrogens (primary N) is 1. The first-order valence-electron chi connectivity index (χ1n) is 9.02. The van der Waals surface area contributed by atoms with E-state index in [0.29, 0.717) is 6.42 Å². The second-order valence-corrected chi connectivity index (χ2v) is 9.64. The number of nitrogen functional groups attached to an aromatic ring is 1. The number of carboxylic acids is 1. The number of nitrogens with zero attached hydrogens (tertiary/aromatic N) is 4. The maximum Gasteiger partial charge on any atom is 0.355 e. The number of thiazole rings is 1. The van der Waals surface area contributed by atoms with Crippen LogP contribution in [0.15, 0.2) is 21.1 Å². The molecule has 0 bridgehead atoms. The Balaban J connectivity index is 1.83. The number of aliphatic carboxylic acids is 1. The van der Waals surface area contributed by atoms with Gasteiger partial charge in [-0.25, -0.2) is 28.2 Å². The van der Waals surface area contributed by atoms with Gasteiger partial charge in [-0.1, -0.05) is 12.1 Å². The molecule has 0 unspecified atom stereocenters. The average Bonchev–Trinajstić information content (AvgIpc) is 3.34. The molecule has 2 aliphatic heterocycles. The Bertz CT molecular complexity index is 1090. The van der Waals surface area contributed by atoms with E-state index in [2.05, 4.69) is 15.5 Å². The van der Waals surface area contributed by atoms with Crippen LogP contribution in [0.5, 0.6) is 0 Å². The van der Waals surface area contributed by atoms with Crippen molar-refractivity contribution in [1.82, 2.24) is 20.3 Å². The van der Waals surface area contributed by atoms with Crippen molar-refractivity contribution in [3.05, 3.63) is 21.7 Å². The van der Waals surface area contributed by atoms with Crippen LogP contribution in [-0.4, -0.2) is 84.0 Å². The zero-order chi connectivity index (χ0) is 22.9. The van der Waals surface area contributed by atoms with Crippen LogP contribution in [0.4, 0.5) is 5.13 Å². The number of carbonyl (C=O) groups excluding carboxylic acids is 2. The van der Waals surface area contributed by atoms with Crippen molar-refractivity contribution >= 4 is 49.8 Å². The third kappa shape index (κ3) is 4.52. The van der Waals surface area contributed by atoms with E-state index >= 15 is 0 Å². The third-order valence-corrected chi connectivity index (χ3v) is 6.26. The second kappa shape index (κ2) is 8.60. The second-order valence-electron chi connectivity index (χ2n) is 6.72. The largest absolute Gasteiger partial charge is 0.476 e. The molecule has 1 aromatic rings. The minimum absolute atomic E-state index is 0.122. The van der Waals surface area contributed by atoms with Crippen molar-refractivity contribution in [2.45, 2.75) is 19.4 Å². The number of hydrogen-bond acceptors (Lipinski definition) is 11. The molecule has 4 N–H and O–H groups in total. The van der Waals surface area contributed by atoms with Crippen molar-refractivity contribution in [3.63, 3.8) is 0 Å². The fourth-order valence-electron chi connectivity index (χ4n) is 3.04. The van der Waals surface area contributed by atoms with E-state index in [1.807, 2.05) is 6.92 Å². The van der Waals surface area contributed by atoms with Gasteiger partial charge in [0.1, 0.15) is 18.3 Å². The van der Waals surface area contributed by atoms with Gasteiger partial charge in [-0.05, 0) is 6.42 Å². The molecule has 2 aliphatic rings. The number of anilines is 1. The van der Waals surface area contributed by atoms with Crippen molar-refractivity contribution in [3.8, 4) is 0 Å². The Morgan fingerprint density at radius 2 is 2.19 bits per heavy atom. The molecule has 3 heterocycles. The number of nitrogens with one attached hydrogen (secondary N) is 1. The number of oxime groups is 1. The Morgan fingerprint density at radius 1 is 1.48 bits per heavy atom. The molecule has 0 radical (unpaired) electrons. The molecule has 31 heavy (non-hydrogen) atoms. The summed E-state index contributed by atoms with van der Waals surface area (Å²) in [4.78, 5) is 46.0. The molecule has 168 valence electrons. The van der Waals surface area contributed by atoms with Gasteiger partial charge >= 0.3 is 5.97 Å². The molecular weight excluding hydrogens is 452 g/mol. The monoisotopic (exact) mass is 472 g/mol. The summed E-state index contributed by atoms with van der Waals surface area (Å²) >= 11 is 1.09. The van der Waals surface area contributed by atoms with Crippen LogP contribution >= 0.6 is 11.3 Å². The number of sulfone groups is 1. The highest BCUT2D eigenvalue weighted by molar-refractivity contribution is 7.94. The summed E-state index contributed by atoms with van der Waals surface area (Å²) in [7, 11) is -3.84. The quantitative estimate of drug-likeness (QED) is 0.235. The number of rotatable bonds is 8. The van der Waals surface area contributed by atoms with Crippen LogP contribution < -0.4 is 11.1 Å². The molecule has 0 aromatic carbocycles. The number of hydrogen-bond donors (Lipinski definition) is 3. The minimum atomic E-state index is -3.84. The van der Waals surface area contributed by atoms with Crippen molar-refractivity contribution in [1.29, 1.82) is 0 Å². The van der Waals surface area contributed by atoms with Crippen LogP contribution in [0.25, 0.3) is 0 Å². The van der Waals surface area contributed by atoms with E-state index in [1.54, 1.807) is 0 Å². The first kappa shape index (κ1) is 22.6. The summed E-state index contributed by atoms with van der Waals surface area (Å²) in [5.41, 5.74) is 4.94. The molecule has 1 fully saturated rings. The highest BCUT2D eigenvalue weighted by Gasteiger charge is 2.50. The van der Waals surface area contributed by atoms with Crippen LogP contribution in [0, 0.1) is 0 Å². The summed E-state index contributed by atoms with van der Waals surface area (Å²) in [5, 5.41) is 19.5. The lowest BCUT2D eigenvalue weighted by Gasteiger charge is -2.18. The minimum Gasteiger partial charge on any atom is -0.476 e. The predicted molar refractivity (Wildman–Crippen MR) is 109 cm³/mol. The molecule has 13 nitrogen and oxygen atoms in total. The van der Waals surface area contributed by atoms with E-state index < -0.39 is 39.4 Å². The maximum atomic E-state index is 12.8. The molecule has 0 saturated carbocycles. The normalized spacial score (nSPS) is 19.7. The number of fused-ring (bicyclic) bond motifs is 1. The Kier molecular flexibility index (Phi) is 6.28. The van der Waals surface area contributed by atoms with E-state index in [1.165, 1.54) is 10.4 Å². The van der Waals surface area contributed by atoms with Crippen molar-refractivity contribution < 1.29 is 32.7 Å². The lowest BCUT2D eigenvalue weighted by Crippen LogP contribution is -2.46. The number of amides is 2. The summed E-state index contributed by atoms with van der Waals surface area (Å²) in [6.07, 6.45) is 1.52. The fraction of sp³-hybridized carbons (Fsp3) is 0.438. The zero-order valence-corrected chi connectivity index (χ0v) is 18.2. The van der Waals surface area contributed by atoms with Crippen LogP contribution in [0.3, 0.4) is 0 Å². The van der Waals surface area contributed by atoms with Crippen molar-refractivity contribution in [2.75, 3.05) is 31.7 Å². The highest BCUT2D eigenvalue weighted by Crippen LogP contribution is 2.31. The van der Waals surface area contributed by atoms with E-state index in [-0.39, 0.29) is 41.1 Å². The summed E-state index contributed by atoms with van der Waals surface area (Å²) in [5.74, 6) is -3.11. The van der Waals surface area contributed by atoms with E-state index in [4.69, 9.17) is 10.6 Å². The van der Waals surface area contributed by atoms with Crippen molar-refractivity contribution in [2.24, 2.45) is 5.16 Å². The number of aromatic nitrogens is 1. The van der Waals surface area contributed by atoms with Gasteiger partial charge in [0.2, 0.25) is 0 Å².